The van der Waals surface area contributed by atoms with Crippen molar-refractivity contribution in [3.05, 3.63) is 21.3 Å². The summed E-state index contributed by atoms with van der Waals surface area (Å²) in [6.07, 6.45) is 5.67. The highest BCUT2D eigenvalue weighted by Gasteiger charge is 2.24. The molecule has 0 amide bonds. The fourth-order valence-electron chi connectivity index (χ4n) is 3.22. The highest BCUT2D eigenvalue weighted by molar-refractivity contribution is 14.1. The van der Waals surface area contributed by atoms with Crippen molar-refractivity contribution in [1.29, 1.82) is 0 Å². The van der Waals surface area contributed by atoms with Crippen molar-refractivity contribution >= 4 is 22.6 Å². The topological polar surface area (TPSA) is 35.1 Å². The molecule has 3 nitrogen and oxygen atoms in total. The lowest BCUT2D eigenvalue weighted by Crippen LogP contribution is -2.90. The van der Waals surface area contributed by atoms with Crippen LogP contribution >= 0.6 is 22.6 Å². The summed E-state index contributed by atoms with van der Waals surface area (Å²) in [5.41, 5.74) is 1.31. The van der Waals surface area contributed by atoms with Crippen LogP contribution in [0, 0.1) is 9.49 Å². The Morgan fingerprint density at radius 1 is 1.27 bits per heavy atom. The summed E-state index contributed by atoms with van der Waals surface area (Å²) in [6, 6.07) is 5.12. The first kappa shape index (κ1) is 17.9. The summed E-state index contributed by atoms with van der Waals surface area (Å²) in [5, 5.41) is 2.51. The third-order valence-corrected chi connectivity index (χ3v) is 5.28. The van der Waals surface area contributed by atoms with Gasteiger partial charge in [0.05, 0.1) is 22.8 Å². The van der Waals surface area contributed by atoms with Crippen LogP contribution in [-0.2, 0) is 6.54 Å². The van der Waals surface area contributed by atoms with Crippen LogP contribution in [0.15, 0.2) is 12.1 Å². The monoisotopic (exact) mass is 418 g/mol. The first-order valence-electron chi connectivity index (χ1n) is 8.37. The Morgan fingerprint density at radius 3 is 2.64 bits per heavy atom. The maximum atomic E-state index is 5.89. The molecule has 4 heteroatoms. The lowest BCUT2D eigenvalue weighted by Gasteiger charge is -2.26. The highest BCUT2D eigenvalue weighted by atomic mass is 127. The van der Waals surface area contributed by atoms with Crippen LogP contribution in [0.3, 0.4) is 0 Å². The molecule has 2 atom stereocenters. The minimum Gasteiger partial charge on any atom is -0.493 e. The largest absolute Gasteiger partial charge is 0.493 e. The molecule has 124 valence electrons. The van der Waals surface area contributed by atoms with Gasteiger partial charge in [-0.2, -0.15) is 0 Å². The molecule has 0 heterocycles. The van der Waals surface area contributed by atoms with Crippen LogP contribution in [0.5, 0.6) is 11.5 Å². The van der Waals surface area contributed by atoms with Crippen molar-refractivity contribution in [2.45, 2.75) is 65.1 Å². The van der Waals surface area contributed by atoms with Crippen molar-refractivity contribution in [2.24, 2.45) is 5.92 Å². The molecule has 0 spiro atoms. The van der Waals surface area contributed by atoms with Gasteiger partial charge in [0.1, 0.15) is 6.54 Å². The van der Waals surface area contributed by atoms with Crippen LogP contribution in [0.4, 0.5) is 0 Å². The maximum Gasteiger partial charge on any atom is 0.174 e. The SMILES string of the molecule is COc1cc(C[NH2+][C@@H]2CCCC[C@H]2C)cc(I)c1OC(C)C. The van der Waals surface area contributed by atoms with Gasteiger partial charge in [0.2, 0.25) is 0 Å². The highest BCUT2D eigenvalue weighted by Crippen LogP contribution is 2.34. The molecule has 1 fully saturated rings. The molecule has 1 aliphatic rings. The van der Waals surface area contributed by atoms with E-state index in [1.54, 1.807) is 7.11 Å². The number of hydrogen-bond donors (Lipinski definition) is 1. The second-order valence-electron chi connectivity index (χ2n) is 6.64. The van der Waals surface area contributed by atoms with Gasteiger partial charge in [-0.25, -0.2) is 0 Å². The Bertz CT molecular complexity index is 490. The molecular weight excluding hydrogens is 389 g/mol. The van der Waals surface area contributed by atoms with E-state index < -0.39 is 0 Å². The van der Waals surface area contributed by atoms with Gasteiger partial charge in [0.15, 0.2) is 11.5 Å². The quantitative estimate of drug-likeness (QED) is 0.715. The first-order valence-corrected chi connectivity index (χ1v) is 9.45. The molecule has 0 bridgehead atoms. The minimum atomic E-state index is 0.155. The molecule has 1 aliphatic carbocycles. The van der Waals surface area contributed by atoms with Gasteiger partial charge in [0, 0.05) is 11.5 Å². The van der Waals surface area contributed by atoms with Gasteiger partial charge in [-0.3, -0.25) is 0 Å². The van der Waals surface area contributed by atoms with Gasteiger partial charge >= 0.3 is 0 Å². The molecule has 0 unspecified atom stereocenters. The Kier molecular flexibility index (Phi) is 6.81. The van der Waals surface area contributed by atoms with Crippen molar-refractivity contribution < 1.29 is 14.8 Å². The molecule has 0 radical (unpaired) electrons. The fourth-order valence-corrected chi connectivity index (χ4v) is 4.02. The van der Waals surface area contributed by atoms with Crippen LogP contribution in [0.1, 0.15) is 52.0 Å². The Hall–Kier alpha value is -0.490. The molecule has 1 aromatic carbocycles. The number of hydrogen-bond acceptors (Lipinski definition) is 2. The standard InChI is InChI=1S/C18H28INO2/c1-12(2)22-18-15(19)9-14(10-17(18)21-4)11-20-16-8-6-5-7-13(16)3/h9-10,12-13,16,20H,5-8,11H2,1-4H3/p+1/t13-,16-/m1/s1. The fraction of sp³-hybridized carbons (Fsp3) is 0.667. The van der Waals surface area contributed by atoms with E-state index in [1.807, 2.05) is 13.8 Å². The summed E-state index contributed by atoms with van der Waals surface area (Å²) < 4.78 is 12.6. The molecule has 1 aromatic rings. The van der Waals surface area contributed by atoms with Gasteiger partial charge in [-0.15, -0.1) is 0 Å². The Balaban J connectivity index is 2.06. The summed E-state index contributed by atoms with van der Waals surface area (Å²) >= 11 is 2.35. The van der Waals surface area contributed by atoms with E-state index in [4.69, 9.17) is 9.47 Å². The normalized spacial score (nSPS) is 21.9. The van der Waals surface area contributed by atoms with Crippen LogP contribution in [0.25, 0.3) is 0 Å². The number of nitrogens with two attached hydrogens (primary N) is 1. The summed E-state index contributed by atoms with van der Waals surface area (Å²) in [7, 11) is 1.72. The van der Waals surface area contributed by atoms with E-state index in [0.717, 1.165) is 33.6 Å². The maximum absolute atomic E-state index is 5.89. The number of rotatable bonds is 6. The zero-order valence-electron chi connectivity index (χ0n) is 14.2. The smallest absolute Gasteiger partial charge is 0.174 e. The van der Waals surface area contributed by atoms with Gasteiger partial charge in [-0.05, 0) is 67.8 Å². The average Bonchev–Trinajstić information content (AvgIpc) is 2.48. The summed E-state index contributed by atoms with van der Waals surface area (Å²) in [6.45, 7) is 7.50. The number of quaternary nitrogens is 1. The number of halogens is 1. The van der Waals surface area contributed by atoms with E-state index in [0.29, 0.717) is 0 Å². The van der Waals surface area contributed by atoms with E-state index in [1.165, 1.54) is 31.2 Å². The van der Waals surface area contributed by atoms with E-state index >= 15 is 0 Å². The molecule has 2 N–H and O–H groups in total. The van der Waals surface area contributed by atoms with Crippen molar-refractivity contribution in [1.82, 2.24) is 0 Å². The van der Waals surface area contributed by atoms with Crippen molar-refractivity contribution in [3.8, 4) is 11.5 Å². The third kappa shape index (κ3) is 4.75. The van der Waals surface area contributed by atoms with Gasteiger partial charge in [-0.1, -0.05) is 13.3 Å². The second-order valence-corrected chi connectivity index (χ2v) is 7.80. The van der Waals surface area contributed by atoms with Crippen molar-refractivity contribution in [3.63, 3.8) is 0 Å². The summed E-state index contributed by atoms with van der Waals surface area (Å²) in [4.78, 5) is 0. The summed E-state index contributed by atoms with van der Waals surface area (Å²) in [5.74, 6) is 2.55. The molecule has 0 aliphatic heterocycles. The van der Waals surface area contributed by atoms with E-state index in [2.05, 4.69) is 47.0 Å². The Morgan fingerprint density at radius 2 is 2.00 bits per heavy atom. The predicted octanol–water partition coefficient (Wildman–Crippen LogP) is 3.73. The molecular formula is C18H29INO2+. The number of methoxy groups -OCH3 is 1. The molecule has 22 heavy (non-hydrogen) atoms. The first-order chi connectivity index (χ1) is 10.5. The van der Waals surface area contributed by atoms with Crippen LogP contribution in [-0.4, -0.2) is 19.3 Å². The second kappa shape index (κ2) is 8.39. The molecule has 2 rings (SSSR count). The van der Waals surface area contributed by atoms with E-state index in [9.17, 15) is 0 Å². The lowest BCUT2D eigenvalue weighted by molar-refractivity contribution is -0.712. The molecule has 1 saturated carbocycles. The van der Waals surface area contributed by atoms with Gasteiger partial charge in [0.25, 0.3) is 0 Å². The van der Waals surface area contributed by atoms with E-state index in [-0.39, 0.29) is 6.10 Å². The Labute approximate surface area is 148 Å². The van der Waals surface area contributed by atoms with Crippen molar-refractivity contribution in [2.75, 3.05) is 7.11 Å². The third-order valence-electron chi connectivity index (χ3n) is 4.48. The van der Waals surface area contributed by atoms with Gasteiger partial charge < -0.3 is 14.8 Å². The predicted molar refractivity (Wildman–Crippen MR) is 98.5 cm³/mol. The number of benzene rings is 1. The molecule has 0 saturated heterocycles. The average molecular weight is 418 g/mol. The van der Waals surface area contributed by atoms with Crippen LogP contribution in [0.2, 0.25) is 0 Å². The minimum absolute atomic E-state index is 0.155. The zero-order chi connectivity index (χ0) is 16.1. The molecule has 0 aromatic heterocycles. The number of ether oxygens (including phenoxy) is 2. The van der Waals surface area contributed by atoms with Crippen LogP contribution < -0.4 is 14.8 Å². The lowest BCUT2D eigenvalue weighted by atomic mass is 9.86. The zero-order valence-corrected chi connectivity index (χ0v) is 16.4.